The first-order valence-corrected chi connectivity index (χ1v) is 17.4. The van der Waals surface area contributed by atoms with Crippen molar-refractivity contribution >= 4 is 29.5 Å². The number of benzene rings is 2. The molecular weight excluding hydrogens is 626 g/mol. The van der Waals surface area contributed by atoms with Gasteiger partial charge < -0.3 is 35.2 Å². The number of amides is 5. The number of nitrogens with one attached hydrogen (secondary N) is 3. The Bertz CT molecular complexity index is 1410. The molecule has 0 bridgehead atoms. The van der Waals surface area contributed by atoms with Gasteiger partial charge >= 0.3 is 0 Å². The SMILES string of the molecule is CC(C)C[C@@H]1NC(=O)C[C@@H](C(=O)N2CCOCC2)NC(=O)c2ccccc2OCCCCCCN(C)C(=O)[C@H](Cc2ccccc2)NC1=O. The standard InChI is InChI=1S/C37H51N5O7/c1-26(2)23-29-35(45)40-30(24-27-13-7-6-8-14-27)36(46)41(3)17-11-4-5-12-20-49-32-16-10-9-15-28(32)34(44)39-31(25-33(43)38-29)37(47)42-18-21-48-22-19-42/h6-10,13-16,26,29-31H,4-5,11-12,17-25H2,1-3H3,(H,38,43)(H,39,44)(H,40,45)/t29-,30-,31-/m0/s1. The van der Waals surface area contributed by atoms with Gasteiger partial charge in [-0.1, -0.05) is 69.2 Å². The van der Waals surface area contributed by atoms with E-state index in [4.69, 9.17) is 9.47 Å². The zero-order valence-electron chi connectivity index (χ0n) is 29.0. The predicted molar refractivity (Wildman–Crippen MR) is 185 cm³/mol. The fraction of sp³-hybridized carbons (Fsp3) is 0.541. The summed E-state index contributed by atoms with van der Waals surface area (Å²) in [5, 5.41) is 8.53. The molecule has 1 fully saturated rings. The molecule has 3 atom stereocenters. The molecule has 2 aliphatic heterocycles. The van der Waals surface area contributed by atoms with E-state index in [9.17, 15) is 24.0 Å². The summed E-state index contributed by atoms with van der Waals surface area (Å²) < 4.78 is 11.4. The number of carbonyl (C=O) groups excluding carboxylic acids is 5. The van der Waals surface area contributed by atoms with E-state index in [2.05, 4.69) is 16.0 Å². The lowest BCUT2D eigenvalue weighted by Crippen LogP contribution is -2.56. The Kier molecular flexibility index (Phi) is 14.4. The molecule has 49 heavy (non-hydrogen) atoms. The Morgan fingerprint density at radius 3 is 2.24 bits per heavy atom. The lowest BCUT2D eigenvalue weighted by Gasteiger charge is -2.31. The smallest absolute Gasteiger partial charge is 0.255 e. The Morgan fingerprint density at radius 1 is 0.816 bits per heavy atom. The summed E-state index contributed by atoms with van der Waals surface area (Å²) in [7, 11) is 1.74. The Hall–Kier alpha value is -4.45. The van der Waals surface area contributed by atoms with Crippen LogP contribution < -0.4 is 20.7 Å². The van der Waals surface area contributed by atoms with E-state index in [1.807, 2.05) is 44.2 Å². The van der Waals surface area contributed by atoms with Gasteiger partial charge in [-0.05, 0) is 42.9 Å². The third-order valence-corrected chi connectivity index (χ3v) is 8.73. The molecule has 2 aromatic carbocycles. The van der Waals surface area contributed by atoms with Gasteiger partial charge in [0.15, 0.2) is 0 Å². The number of carbonyl (C=O) groups is 5. The first-order chi connectivity index (χ1) is 23.6. The summed E-state index contributed by atoms with van der Waals surface area (Å²) in [5.41, 5.74) is 1.15. The van der Waals surface area contributed by atoms with Crippen molar-refractivity contribution in [3.63, 3.8) is 0 Å². The molecule has 12 nitrogen and oxygen atoms in total. The fourth-order valence-electron chi connectivity index (χ4n) is 6.05. The number of hydrogen-bond acceptors (Lipinski definition) is 7. The van der Waals surface area contributed by atoms with Gasteiger partial charge in [0.1, 0.15) is 23.9 Å². The number of fused-ring (bicyclic) bond motifs is 1. The Balaban J connectivity index is 1.62. The van der Waals surface area contributed by atoms with E-state index in [-0.39, 0.29) is 30.2 Å². The van der Waals surface area contributed by atoms with Crippen molar-refractivity contribution in [2.45, 2.75) is 76.9 Å². The van der Waals surface area contributed by atoms with E-state index < -0.39 is 41.8 Å². The molecule has 12 heteroatoms. The van der Waals surface area contributed by atoms with E-state index in [1.165, 1.54) is 0 Å². The van der Waals surface area contributed by atoms with Crippen LogP contribution in [-0.2, 0) is 30.3 Å². The average Bonchev–Trinajstić information content (AvgIpc) is 3.10. The number of morpholine rings is 1. The van der Waals surface area contributed by atoms with E-state index in [0.29, 0.717) is 51.6 Å². The van der Waals surface area contributed by atoms with Crippen LogP contribution in [0.3, 0.4) is 0 Å². The van der Waals surface area contributed by atoms with Crippen LogP contribution in [0, 0.1) is 5.92 Å². The minimum atomic E-state index is -1.20. The second-order valence-electron chi connectivity index (χ2n) is 13.2. The van der Waals surface area contributed by atoms with Crippen molar-refractivity contribution in [2.75, 3.05) is 46.5 Å². The van der Waals surface area contributed by atoms with E-state index in [0.717, 1.165) is 31.2 Å². The molecule has 4 rings (SSSR count). The lowest BCUT2D eigenvalue weighted by atomic mass is 10.00. The molecule has 1 saturated heterocycles. The topological polar surface area (TPSA) is 146 Å². The second kappa shape index (κ2) is 18.9. The van der Waals surface area contributed by atoms with Gasteiger partial charge in [0.2, 0.25) is 23.6 Å². The molecule has 0 radical (unpaired) electrons. The van der Waals surface area contributed by atoms with Crippen LogP contribution in [0.4, 0.5) is 0 Å². The molecule has 3 N–H and O–H groups in total. The van der Waals surface area contributed by atoms with Crippen molar-refractivity contribution in [1.29, 1.82) is 0 Å². The van der Waals surface area contributed by atoms with Gasteiger partial charge in [-0.3, -0.25) is 24.0 Å². The summed E-state index contributed by atoms with van der Waals surface area (Å²) in [6.45, 7) is 6.14. The van der Waals surface area contributed by atoms with Gasteiger partial charge in [0, 0.05) is 33.1 Å². The van der Waals surface area contributed by atoms with Crippen LogP contribution in [0.15, 0.2) is 54.6 Å². The first kappa shape index (κ1) is 37.4. The van der Waals surface area contributed by atoms with E-state index >= 15 is 0 Å². The van der Waals surface area contributed by atoms with Gasteiger partial charge in [-0.15, -0.1) is 0 Å². The van der Waals surface area contributed by atoms with Crippen LogP contribution in [0.5, 0.6) is 5.75 Å². The molecule has 0 aliphatic carbocycles. The van der Waals surface area contributed by atoms with Crippen LogP contribution >= 0.6 is 0 Å². The number of rotatable bonds is 5. The quantitative estimate of drug-likeness (QED) is 0.441. The minimum absolute atomic E-state index is 0.0264. The summed E-state index contributed by atoms with van der Waals surface area (Å²) in [6, 6.07) is 13.3. The van der Waals surface area contributed by atoms with Gasteiger partial charge in [-0.2, -0.15) is 0 Å². The number of hydrogen-bond donors (Lipinski definition) is 3. The average molecular weight is 678 g/mol. The first-order valence-electron chi connectivity index (χ1n) is 17.4. The summed E-state index contributed by atoms with van der Waals surface area (Å²) in [5.74, 6) is -1.81. The number of likely N-dealkylation sites (N-methyl/N-ethyl adjacent to an activating group) is 1. The van der Waals surface area contributed by atoms with Crippen LogP contribution in [0.1, 0.15) is 68.3 Å². The Morgan fingerprint density at radius 2 is 1.51 bits per heavy atom. The fourth-order valence-corrected chi connectivity index (χ4v) is 6.05. The third kappa shape index (κ3) is 11.6. The molecule has 0 unspecified atom stereocenters. The van der Waals surface area contributed by atoms with Crippen LogP contribution in [0.25, 0.3) is 0 Å². The molecule has 2 aliphatic rings. The van der Waals surface area contributed by atoms with E-state index in [1.54, 1.807) is 41.1 Å². The maximum absolute atomic E-state index is 13.8. The van der Waals surface area contributed by atoms with Crippen molar-refractivity contribution in [1.82, 2.24) is 25.8 Å². The zero-order chi connectivity index (χ0) is 35.2. The van der Waals surface area contributed by atoms with Gasteiger partial charge in [0.25, 0.3) is 5.91 Å². The molecular formula is C37H51N5O7. The van der Waals surface area contributed by atoms with Crippen molar-refractivity contribution in [3.8, 4) is 5.75 Å². The lowest BCUT2D eigenvalue weighted by molar-refractivity contribution is -0.140. The maximum Gasteiger partial charge on any atom is 0.255 e. The number of nitrogens with zero attached hydrogens (tertiary/aromatic N) is 2. The molecule has 2 aromatic rings. The monoisotopic (exact) mass is 677 g/mol. The highest BCUT2D eigenvalue weighted by Gasteiger charge is 2.33. The third-order valence-electron chi connectivity index (χ3n) is 8.73. The van der Waals surface area contributed by atoms with Gasteiger partial charge in [-0.25, -0.2) is 0 Å². The summed E-state index contributed by atoms with van der Waals surface area (Å²) in [4.78, 5) is 71.8. The number of ether oxygens (including phenoxy) is 2. The molecule has 0 aromatic heterocycles. The van der Waals surface area contributed by atoms with Crippen LogP contribution in [0.2, 0.25) is 0 Å². The molecule has 5 amide bonds. The van der Waals surface area contributed by atoms with Crippen molar-refractivity contribution in [3.05, 3.63) is 65.7 Å². The maximum atomic E-state index is 13.8. The predicted octanol–water partition coefficient (Wildman–Crippen LogP) is 2.70. The second-order valence-corrected chi connectivity index (χ2v) is 13.2. The van der Waals surface area contributed by atoms with Crippen molar-refractivity contribution in [2.24, 2.45) is 5.92 Å². The highest BCUT2D eigenvalue weighted by Crippen LogP contribution is 2.20. The molecule has 0 saturated carbocycles. The zero-order valence-corrected chi connectivity index (χ0v) is 29.0. The molecule has 2 heterocycles. The highest BCUT2D eigenvalue weighted by atomic mass is 16.5. The van der Waals surface area contributed by atoms with Gasteiger partial charge in [0.05, 0.1) is 31.8 Å². The molecule has 0 spiro atoms. The highest BCUT2D eigenvalue weighted by molar-refractivity contribution is 6.01. The minimum Gasteiger partial charge on any atom is -0.493 e. The number of para-hydroxylation sites is 1. The van der Waals surface area contributed by atoms with Crippen LogP contribution in [-0.4, -0.2) is 104 Å². The largest absolute Gasteiger partial charge is 0.493 e. The summed E-state index contributed by atoms with van der Waals surface area (Å²) in [6.07, 6.45) is 3.46. The molecule has 266 valence electrons. The normalized spacial score (nSPS) is 22.6. The summed E-state index contributed by atoms with van der Waals surface area (Å²) >= 11 is 0. The Labute approximate surface area is 289 Å². The van der Waals surface area contributed by atoms with Crippen molar-refractivity contribution < 1.29 is 33.4 Å².